The molecule has 2 heterocycles. The predicted octanol–water partition coefficient (Wildman–Crippen LogP) is 3.17. The highest BCUT2D eigenvalue weighted by atomic mass is 32.3. The lowest BCUT2D eigenvalue weighted by Crippen LogP contribution is -2.35. The zero-order chi connectivity index (χ0) is 26.6. The summed E-state index contributed by atoms with van der Waals surface area (Å²) in [6, 6.07) is 12.3. The molecule has 4 rings (SSSR count). The van der Waals surface area contributed by atoms with Gasteiger partial charge < -0.3 is 18.9 Å². The molecule has 37 heavy (non-hydrogen) atoms. The molecule has 2 aliphatic rings. The van der Waals surface area contributed by atoms with Gasteiger partial charge in [0.25, 0.3) is 5.91 Å². The van der Waals surface area contributed by atoms with Crippen LogP contribution in [-0.4, -0.2) is 67.9 Å². The molecule has 0 aromatic heterocycles. The average Bonchev–Trinajstić information content (AvgIpc) is 3.34. The predicted molar refractivity (Wildman–Crippen MR) is 141 cm³/mol. The van der Waals surface area contributed by atoms with Crippen molar-refractivity contribution in [1.82, 2.24) is 5.01 Å². The number of methoxy groups -OCH3 is 2. The molecule has 2 aromatic carbocycles. The van der Waals surface area contributed by atoms with Crippen LogP contribution in [0.4, 0.5) is 0 Å². The molecule has 0 spiro atoms. The van der Waals surface area contributed by atoms with Gasteiger partial charge in [-0.2, -0.15) is 10.0 Å². The standard InChI is InChI=1S/C24H24N4O7S2/c1-4-37(30,31)24-27-28-21(25)18(22(29)26-23(28)36-24)12-15-8-9-19(20(13-15)33-3)35-11-10-34-17-7-5-6-16(14-17)32-2/h5-9,12-14,25H,4,10-11H2,1-3H3/b18-12+,25-21?. The van der Waals surface area contributed by atoms with Crippen molar-refractivity contribution < 1.29 is 32.2 Å². The van der Waals surface area contributed by atoms with Gasteiger partial charge in [-0.25, -0.2) is 8.42 Å². The van der Waals surface area contributed by atoms with E-state index in [1.54, 1.807) is 31.4 Å². The highest BCUT2D eigenvalue weighted by Crippen LogP contribution is 2.32. The number of hydrazone groups is 1. The molecule has 0 saturated heterocycles. The second-order valence-electron chi connectivity index (χ2n) is 7.58. The first-order chi connectivity index (χ1) is 17.7. The monoisotopic (exact) mass is 544 g/mol. The Morgan fingerprint density at radius 2 is 1.78 bits per heavy atom. The lowest BCUT2D eigenvalue weighted by Gasteiger charge is -2.20. The molecular weight excluding hydrogens is 520 g/mol. The number of fused-ring (bicyclic) bond motifs is 1. The minimum Gasteiger partial charge on any atom is -0.497 e. The zero-order valence-corrected chi connectivity index (χ0v) is 21.9. The van der Waals surface area contributed by atoms with Crippen LogP contribution in [0.2, 0.25) is 0 Å². The van der Waals surface area contributed by atoms with E-state index in [4.69, 9.17) is 24.4 Å². The fraction of sp³-hybridized carbons (Fsp3) is 0.250. The summed E-state index contributed by atoms with van der Waals surface area (Å²) in [7, 11) is -0.525. The first-order valence-electron chi connectivity index (χ1n) is 11.1. The van der Waals surface area contributed by atoms with E-state index >= 15 is 0 Å². The number of sulfone groups is 1. The molecular formula is C24H24N4O7S2. The number of amides is 1. The Morgan fingerprint density at radius 3 is 2.51 bits per heavy atom. The van der Waals surface area contributed by atoms with Crippen LogP contribution in [-0.2, 0) is 14.6 Å². The van der Waals surface area contributed by atoms with E-state index < -0.39 is 15.7 Å². The highest BCUT2D eigenvalue weighted by molar-refractivity contribution is 8.42. The van der Waals surface area contributed by atoms with Gasteiger partial charge in [0.15, 0.2) is 17.3 Å². The number of amidine groups is 2. The second-order valence-corrected chi connectivity index (χ2v) is 11.0. The van der Waals surface area contributed by atoms with E-state index in [1.165, 1.54) is 20.1 Å². The van der Waals surface area contributed by atoms with E-state index in [-0.39, 0.29) is 39.9 Å². The summed E-state index contributed by atoms with van der Waals surface area (Å²) in [5, 5.41) is 13.5. The maximum Gasteiger partial charge on any atom is 0.283 e. The molecule has 1 N–H and O–H groups in total. The number of ether oxygens (including phenoxy) is 4. The van der Waals surface area contributed by atoms with Gasteiger partial charge in [0.05, 0.1) is 25.5 Å². The van der Waals surface area contributed by atoms with Crippen LogP contribution < -0.4 is 18.9 Å². The van der Waals surface area contributed by atoms with Gasteiger partial charge in [-0.05, 0) is 47.7 Å². The first-order valence-corrected chi connectivity index (χ1v) is 13.5. The molecule has 2 aliphatic heterocycles. The Kier molecular flexibility index (Phi) is 7.83. The average molecular weight is 545 g/mol. The summed E-state index contributed by atoms with van der Waals surface area (Å²) in [4.78, 5) is 16.5. The molecule has 0 bridgehead atoms. The molecule has 2 aromatic rings. The minimum atomic E-state index is -3.60. The Morgan fingerprint density at radius 1 is 1.03 bits per heavy atom. The summed E-state index contributed by atoms with van der Waals surface area (Å²) in [5.41, 5.74) is 0.520. The van der Waals surface area contributed by atoms with E-state index in [2.05, 4.69) is 10.1 Å². The van der Waals surface area contributed by atoms with Crippen molar-refractivity contribution in [3.05, 3.63) is 53.6 Å². The summed E-state index contributed by atoms with van der Waals surface area (Å²) < 4.78 is 46.2. The number of nitrogens with one attached hydrogen (secondary N) is 1. The van der Waals surface area contributed by atoms with Crippen molar-refractivity contribution in [3.63, 3.8) is 0 Å². The van der Waals surface area contributed by atoms with Crippen molar-refractivity contribution in [2.24, 2.45) is 10.1 Å². The van der Waals surface area contributed by atoms with Gasteiger partial charge in [-0.3, -0.25) is 10.2 Å². The number of thioether (sulfide) groups is 1. The van der Waals surface area contributed by atoms with Gasteiger partial charge in [-0.15, -0.1) is 5.10 Å². The summed E-state index contributed by atoms with van der Waals surface area (Å²) in [6.45, 7) is 2.04. The minimum absolute atomic E-state index is 0.0364. The molecule has 1 amide bonds. The van der Waals surface area contributed by atoms with Crippen LogP contribution in [0.15, 0.2) is 58.1 Å². The lowest BCUT2D eigenvalue weighted by atomic mass is 10.1. The van der Waals surface area contributed by atoms with Gasteiger partial charge in [0, 0.05) is 6.07 Å². The van der Waals surface area contributed by atoms with Crippen LogP contribution in [0.1, 0.15) is 12.5 Å². The molecule has 0 radical (unpaired) electrons. The summed E-state index contributed by atoms with van der Waals surface area (Å²) in [6.07, 6.45) is 1.47. The highest BCUT2D eigenvalue weighted by Gasteiger charge is 2.39. The third-order valence-electron chi connectivity index (χ3n) is 5.23. The molecule has 11 nitrogen and oxygen atoms in total. The SMILES string of the molecule is CCS(=O)(=O)C1=NN2C(=N)/C(=C\c3ccc(OCCOc4cccc(OC)c4)c(OC)c3)C(=O)N=C2S1. The largest absolute Gasteiger partial charge is 0.497 e. The fourth-order valence-electron chi connectivity index (χ4n) is 3.29. The van der Waals surface area contributed by atoms with Gasteiger partial charge in [0.2, 0.25) is 19.4 Å². The topological polar surface area (TPSA) is 140 Å². The van der Waals surface area contributed by atoms with Crippen LogP contribution in [0, 0.1) is 5.41 Å². The lowest BCUT2D eigenvalue weighted by molar-refractivity contribution is -0.114. The number of benzene rings is 2. The van der Waals surface area contributed by atoms with Crippen molar-refractivity contribution in [2.45, 2.75) is 6.92 Å². The quantitative estimate of drug-likeness (QED) is 0.372. The van der Waals surface area contributed by atoms with E-state index in [1.807, 2.05) is 18.2 Å². The van der Waals surface area contributed by atoms with Crippen LogP contribution >= 0.6 is 11.8 Å². The van der Waals surface area contributed by atoms with Crippen molar-refractivity contribution in [3.8, 4) is 23.0 Å². The number of carbonyl (C=O) groups is 1. The van der Waals surface area contributed by atoms with Crippen LogP contribution in [0.3, 0.4) is 0 Å². The number of aliphatic imine (C=N–C) groups is 1. The Labute approximate surface area is 218 Å². The third kappa shape index (κ3) is 5.78. The third-order valence-corrected chi connectivity index (χ3v) is 8.32. The molecule has 0 fully saturated rings. The smallest absolute Gasteiger partial charge is 0.283 e. The van der Waals surface area contributed by atoms with E-state index in [0.29, 0.717) is 28.6 Å². The maximum absolute atomic E-state index is 12.6. The maximum atomic E-state index is 12.6. The molecule has 0 unspecified atom stereocenters. The Balaban J connectivity index is 1.45. The van der Waals surface area contributed by atoms with Crippen molar-refractivity contribution in [2.75, 3.05) is 33.2 Å². The molecule has 0 aliphatic carbocycles. The number of carbonyl (C=O) groups excluding carboxylic acids is 1. The second kappa shape index (κ2) is 11.0. The molecule has 0 saturated carbocycles. The fourth-order valence-corrected chi connectivity index (χ4v) is 5.45. The summed E-state index contributed by atoms with van der Waals surface area (Å²) in [5.74, 6) is 1.16. The van der Waals surface area contributed by atoms with E-state index in [9.17, 15) is 13.2 Å². The van der Waals surface area contributed by atoms with Crippen LogP contribution in [0.25, 0.3) is 6.08 Å². The van der Waals surface area contributed by atoms with E-state index in [0.717, 1.165) is 16.8 Å². The van der Waals surface area contributed by atoms with Gasteiger partial charge >= 0.3 is 0 Å². The number of hydrogen-bond donors (Lipinski definition) is 1. The molecule has 13 heteroatoms. The normalized spacial score (nSPS) is 16.3. The molecule has 0 atom stereocenters. The van der Waals surface area contributed by atoms with Crippen LogP contribution in [0.5, 0.6) is 23.0 Å². The molecule has 194 valence electrons. The van der Waals surface area contributed by atoms with Gasteiger partial charge in [0.1, 0.15) is 24.7 Å². The van der Waals surface area contributed by atoms with Crippen molar-refractivity contribution >= 4 is 49.0 Å². The number of rotatable bonds is 9. The Hall–Kier alpha value is -3.84. The Bertz CT molecular complexity index is 1430. The van der Waals surface area contributed by atoms with Gasteiger partial charge in [-0.1, -0.05) is 19.1 Å². The van der Waals surface area contributed by atoms with Crippen molar-refractivity contribution in [1.29, 1.82) is 5.41 Å². The zero-order valence-electron chi connectivity index (χ0n) is 20.3. The number of hydrogen-bond acceptors (Lipinski definition) is 10. The number of nitrogens with zero attached hydrogens (tertiary/aromatic N) is 3. The first kappa shape index (κ1) is 26.2. The summed E-state index contributed by atoms with van der Waals surface area (Å²) >= 11 is 0.756.